The Morgan fingerprint density at radius 3 is 2.32 bits per heavy atom. The van der Waals surface area contributed by atoms with Gasteiger partial charge in [-0.1, -0.05) is 44.2 Å². The van der Waals surface area contributed by atoms with Gasteiger partial charge in [-0.25, -0.2) is 0 Å². The van der Waals surface area contributed by atoms with E-state index in [9.17, 15) is 4.79 Å². The molecule has 0 radical (unpaired) electrons. The standard InChI is InChI=1S/C22H31N3O3/c1-27-19-12-9-17(10-13-19)11-15-21-24-25-22(28-21)16-14-20(26)23-18-7-5-3-2-4-6-8-18/h9-10,12-13,18H,2-8,11,14-16H2,1H3,(H,23,26). The normalized spacial score (nSPS) is 15.6. The Morgan fingerprint density at radius 1 is 1.00 bits per heavy atom. The molecular weight excluding hydrogens is 354 g/mol. The molecule has 1 aliphatic rings. The number of ether oxygens (including phenoxy) is 1. The average molecular weight is 386 g/mol. The van der Waals surface area contributed by atoms with Crippen molar-refractivity contribution in [1.29, 1.82) is 0 Å². The van der Waals surface area contributed by atoms with E-state index in [4.69, 9.17) is 9.15 Å². The highest BCUT2D eigenvalue weighted by atomic mass is 16.5. The Morgan fingerprint density at radius 2 is 1.64 bits per heavy atom. The zero-order valence-corrected chi connectivity index (χ0v) is 16.8. The number of carbonyl (C=O) groups is 1. The first-order valence-electron chi connectivity index (χ1n) is 10.5. The van der Waals surface area contributed by atoms with Crippen molar-refractivity contribution in [2.24, 2.45) is 0 Å². The number of hydrogen-bond donors (Lipinski definition) is 1. The van der Waals surface area contributed by atoms with E-state index in [1.807, 2.05) is 24.3 Å². The zero-order valence-electron chi connectivity index (χ0n) is 16.8. The maximum Gasteiger partial charge on any atom is 0.220 e. The number of nitrogens with one attached hydrogen (secondary N) is 1. The third kappa shape index (κ3) is 6.66. The van der Waals surface area contributed by atoms with Crippen molar-refractivity contribution in [1.82, 2.24) is 15.5 Å². The molecule has 0 spiro atoms. The molecule has 28 heavy (non-hydrogen) atoms. The molecule has 1 heterocycles. The first-order chi connectivity index (χ1) is 13.7. The fraction of sp³-hybridized carbons (Fsp3) is 0.591. The van der Waals surface area contributed by atoms with E-state index >= 15 is 0 Å². The molecule has 1 saturated carbocycles. The highest BCUT2D eigenvalue weighted by Crippen LogP contribution is 2.17. The van der Waals surface area contributed by atoms with Gasteiger partial charge in [0, 0.05) is 25.3 Å². The first-order valence-corrected chi connectivity index (χ1v) is 10.5. The summed E-state index contributed by atoms with van der Waals surface area (Å²) < 4.78 is 10.9. The molecule has 2 aromatic rings. The van der Waals surface area contributed by atoms with Gasteiger partial charge < -0.3 is 14.5 Å². The van der Waals surface area contributed by atoms with Gasteiger partial charge in [0.2, 0.25) is 17.7 Å². The van der Waals surface area contributed by atoms with Crippen LogP contribution in [0.2, 0.25) is 0 Å². The van der Waals surface area contributed by atoms with E-state index in [2.05, 4.69) is 15.5 Å². The molecule has 1 amide bonds. The fourth-order valence-electron chi connectivity index (χ4n) is 3.65. The maximum absolute atomic E-state index is 12.2. The monoisotopic (exact) mass is 385 g/mol. The number of methoxy groups -OCH3 is 1. The Bertz CT molecular complexity index is 719. The van der Waals surface area contributed by atoms with Crippen molar-refractivity contribution in [3.05, 3.63) is 41.6 Å². The maximum atomic E-state index is 12.2. The number of aryl methyl sites for hydroxylation is 3. The Kier molecular flexibility index (Phi) is 7.88. The van der Waals surface area contributed by atoms with E-state index in [0.29, 0.717) is 37.1 Å². The number of rotatable bonds is 8. The van der Waals surface area contributed by atoms with Crippen LogP contribution in [0.25, 0.3) is 0 Å². The molecule has 6 heteroatoms. The molecule has 0 bridgehead atoms. The van der Waals surface area contributed by atoms with Crippen LogP contribution in [0, 0.1) is 0 Å². The summed E-state index contributed by atoms with van der Waals surface area (Å²) in [7, 11) is 1.66. The average Bonchev–Trinajstić information content (AvgIpc) is 3.15. The molecule has 0 unspecified atom stereocenters. The van der Waals surface area contributed by atoms with E-state index < -0.39 is 0 Å². The van der Waals surface area contributed by atoms with Crippen LogP contribution in [0.1, 0.15) is 68.7 Å². The van der Waals surface area contributed by atoms with Crippen LogP contribution in [0.15, 0.2) is 28.7 Å². The molecule has 1 fully saturated rings. The van der Waals surface area contributed by atoms with Gasteiger partial charge in [-0.05, 0) is 37.0 Å². The molecule has 0 atom stereocenters. The summed E-state index contributed by atoms with van der Waals surface area (Å²) >= 11 is 0. The van der Waals surface area contributed by atoms with E-state index in [0.717, 1.165) is 25.0 Å². The highest BCUT2D eigenvalue weighted by Gasteiger charge is 2.15. The van der Waals surface area contributed by atoms with Crippen molar-refractivity contribution in [3.8, 4) is 5.75 Å². The van der Waals surface area contributed by atoms with E-state index in [-0.39, 0.29) is 5.91 Å². The molecule has 152 valence electrons. The fourth-order valence-corrected chi connectivity index (χ4v) is 3.65. The smallest absolute Gasteiger partial charge is 0.220 e. The van der Waals surface area contributed by atoms with Gasteiger partial charge in [0.05, 0.1) is 7.11 Å². The van der Waals surface area contributed by atoms with Gasteiger partial charge in [0.25, 0.3) is 0 Å². The summed E-state index contributed by atoms with van der Waals surface area (Å²) in [5, 5.41) is 11.4. The minimum absolute atomic E-state index is 0.0866. The first kappa shape index (κ1) is 20.4. The Balaban J connectivity index is 1.39. The van der Waals surface area contributed by atoms with Crippen LogP contribution in [0.4, 0.5) is 0 Å². The van der Waals surface area contributed by atoms with Crippen molar-refractivity contribution in [3.63, 3.8) is 0 Å². The van der Waals surface area contributed by atoms with Crippen LogP contribution in [0.5, 0.6) is 5.75 Å². The molecule has 1 aliphatic carbocycles. The van der Waals surface area contributed by atoms with Crippen molar-refractivity contribution in [2.75, 3.05) is 7.11 Å². The molecular formula is C22H31N3O3. The van der Waals surface area contributed by atoms with Gasteiger partial charge >= 0.3 is 0 Å². The number of hydrogen-bond acceptors (Lipinski definition) is 5. The van der Waals surface area contributed by atoms with Crippen LogP contribution < -0.4 is 10.1 Å². The van der Waals surface area contributed by atoms with Gasteiger partial charge in [-0.2, -0.15) is 0 Å². The number of amides is 1. The summed E-state index contributed by atoms with van der Waals surface area (Å²) in [6, 6.07) is 8.30. The summed E-state index contributed by atoms with van der Waals surface area (Å²) in [4.78, 5) is 12.2. The number of benzene rings is 1. The third-order valence-corrected chi connectivity index (χ3v) is 5.33. The Hall–Kier alpha value is -2.37. The second kappa shape index (κ2) is 10.8. The molecule has 1 N–H and O–H groups in total. The lowest BCUT2D eigenvalue weighted by molar-refractivity contribution is -0.122. The van der Waals surface area contributed by atoms with Crippen LogP contribution in [-0.4, -0.2) is 29.3 Å². The summed E-state index contributed by atoms with van der Waals surface area (Å²) in [5.74, 6) is 2.09. The second-order valence-corrected chi connectivity index (χ2v) is 7.55. The minimum atomic E-state index is 0.0866. The van der Waals surface area contributed by atoms with Gasteiger partial charge in [0.15, 0.2) is 0 Å². The number of nitrogens with zero attached hydrogens (tertiary/aromatic N) is 2. The lowest BCUT2D eigenvalue weighted by Crippen LogP contribution is -2.35. The second-order valence-electron chi connectivity index (χ2n) is 7.55. The number of aromatic nitrogens is 2. The van der Waals surface area contributed by atoms with Gasteiger partial charge in [0.1, 0.15) is 5.75 Å². The molecule has 1 aromatic carbocycles. The van der Waals surface area contributed by atoms with Crippen molar-refractivity contribution >= 4 is 5.91 Å². The predicted octanol–water partition coefficient (Wildman–Crippen LogP) is 4.03. The Labute approximate surface area is 167 Å². The SMILES string of the molecule is COc1ccc(CCc2nnc(CCC(=O)NC3CCCCCCC3)o2)cc1. The molecule has 0 aliphatic heterocycles. The number of carbonyl (C=O) groups excluding carboxylic acids is 1. The minimum Gasteiger partial charge on any atom is -0.497 e. The van der Waals surface area contributed by atoms with Gasteiger partial charge in [-0.15, -0.1) is 10.2 Å². The van der Waals surface area contributed by atoms with Crippen molar-refractivity contribution < 1.29 is 13.9 Å². The lowest BCUT2D eigenvalue weighted by atomic mass is 9.96. The zero-order chi connectivity index (χ0) is 19.6. The lowest BCUT2D eigenvalue weighted by Gasteiger charge is -2.20. The van der Waals surface area contributed by atoms with Gasteiger partial charge in [-0.3, -0.25) is 4.79 Å². The molecule has 3 rings (SSSR count). The summed E-state index contributed by atoms with van der Waals surface area (Å²) in [5.41, 5.74) is 1.19. The largest absolute Gasteiger partial charge is 0.497 e. The van der Waals surface area contributed by atoms with E-state index in [1.54, 1.807) is 7.11 Å². The molecule has 0 saturated heterocycles. The van der Waals surface area contributed by atoms with Crippen LogP contribution in [-0.2, 0) is 24.1 Å². The van der Waals surface area contributed by atoms with E-state index in [1.165, 1.54) is 37.7 Å². The quantitative estimate of drug-likeness (QED) is 0.742. The predicted molar refractivity (Wildman–Crippen MR) is 107 cm³/mol. The third-order valence-electron chi connectivity index (χ3n) is 5.33. The summed E-state index contributed by atoms with van der Waals surface area (Å²) in [6.45, 7) is 0. The topological polar surface area (TPSA) is 77.2 Å². The highest BCUT2D eigenvalue weighted by molar-refractivity contribution is 5.76. The van der Waals surface area contributed by atoms with Crippen LogP contribution >= 0.6 is 0 Å². The molecule has 6 nitrogen and oxygen atoms in total. The van der Waals surface area contributed by atoms with Crippen LogP contribution in [0.3, 0.4) is 0 Å². The summed E-state index contributed by atoms with van der Waals surface area (Å²) in [6.07, 6.45) is 10.9. The van der Waals surface area contributed by atoms with Crippen molar-refractivity contribution in [2.45, 2.75) is 76.7 Å². The molecule has 1 aromatic heterocycles.